The summed E-state index contributed by atoms with van der Waals surface area (Å²) in [6, 6.07) is 9.60. The van der Waals surface area contributed by atoms with Crippen molar-refractivity contribution in [3.05, 3.63) is 94.4 Å². The highest BCUT2D eigenvalue weighted by Gasteiger charge is 2.18. The first-order chi connectivity index (χ1) is 16.5. The fourth-order valence-corrected chi connectivity index (χ4v) is 3.85. The van der Waals surface area contributed by atoms with E-state index < -0.39 is 0 Å². The van der Waals surface area contributed by atoms with Crippen molar-refractivity contribution in [3.63, 3.8) is 0 Å². The lowest BCUT2D eigenvalue weighted by Gasteiger charge is -2.08. The van der Waals surface area contributed by atoms with Gasteiger partial charge < -0.3 is 0 Å². The van der Waals surface area contributed by atoms with Gasteiger partial charge in [0.05, 0.1) is 25.0 Å². The number of nitrogens with zero attached hydrogens (tertiary/aromatic N) is 7. The second kappa shape index (κ2) is 10.2. The van der Waals surface area contributed by atoms with Gasteiger partial charge in [0.1, 0.15) is 5.69 Å². The number of aromatic nitrogens is 6. The molecule has 0 aliphatic carbocycles. The van der Waals surface area contributed by atoms with Crippen LogP contribution in [0.2, 0.25) is 0 Å². The highest BCUT2D eigenvalue weighted by molar-refractivity contribution is 5.84. The third-order valence-electron chi connectivity index (χ3n) is 5.71. The van der Waals surface area contributed by atoms with Crippen LogP contribution < -0.4 is 10.1 Å². The minimum Gasteiger partial charge on any atom is -0.297 e. The Balaban J connectivity index is 1.62. The Hall–Kier alpha value is -4.20. The van der Waals surface area contributed by atoms with Crippen molar-refractivity contribution in [1.82, 2.24) is 24.4 Å². The molecule has 0 radical (unpaired) electrons. The Morgan fingerprint density at radius 3 is 2.65 bits per heavy atom. The van der Waals surface area contributed by atoms with E-state index in [4.69, 9.17) is 0 Å². The molecule has 0 unspecified atom stereocenters. The average Bonchev–Trinajstić information content (AvgIpc) is 3.28. The van der Waals surface area contributed by atoms with Gasteiger partial charge in [0, 0.05) is 49.9 Å². The van der Waals surface area contributed by atoms with E-state index in [-0.39, 0.29) is 5.43 Å². The molecule has 172 valence electrons. The summed E-state index contributed by atoms with van der Waals surface area (Å²) in [4.78, 5) is 25.9. The lowest BCUT2D eigenvalue weighted by Crippen LogP contribution is -2.48. The van der Waals surface area contributed by atoms with Crippen molar-refractivity contribution in [2.75, 3.05) is 7.05 Å². The van der Waals surface area contributed by atoms with Gasteiger partial charge in [-0.25, -0.2) is 9.97 Å². The van der Waals surface area contributed by atoms with Gasteiger partial charge in [0.15, 0.2) is 12.9 Å². The van der Waals surface area contributed by atoms with E-state index in [1.54, 1.807) is 36.4 Å². The molecular formula is C26H28N7O+. The molecule has 0 amide bonds. The molecule has 0 aliphatic rings. The Labute approximate surface area is 198 Å². The molecule has 8 nitrogen and oxygen atoms in total. The summed E-state index contributed by atoms with van der Waals surface area (Å²) in [5, 5.41) is 4.23. The normalized spacial score (nSPS) is 11.9. The molecule has 4 rings (SSSR count). The van der Waals surface area contributed by atoms with Gasteiger partial charge >= 0.3 is 0 Å². The minimum absolute atomic E-state index is 0.0110. The maximum atomic E-state index is 12.7. The van der Waals surface area contributed by atoms with Gasteiger partial charge in [-0.3, -0.25) is 14.5 Å². The monoisotopic (exact) mass is 454 g/mol. The molecule has 0 saturated heterocycles. The lowest BCUT2D eigenvalue weighted by molar-refractivity contribution is -0.755. The Kier molecular flexibility index (Phi) is 6.87. The molecule has 4 aromatic rings. The summed E-state index contributed by atoms with van der Waals surface area (Å²) in [7, 11) is 5.50. The summed E-state index contributed by atoms with van der Waals surface area (Å²) in [5.41, 5.74) is 5.59. The third-order valence-corrected chi connectivity index (χ3v) is 5.71. The molecule has 0 aliphatic heterocycles. The molecule has 3 heterocycles. The van der Waals surface area contributed by atoms with Crippen molar-refractivity contribution < 1.29 is 4.68 Å². The van der Waals surface area contributed by atoms with E-state index in [9.17, 15) is 4.79 Å². The Morgan fingerprint density at radius 2 is 1.97 bits per heavy atom. The zero-order chi connectivity index (χ0) is 24.1. The van der Waals surface area contributed by atoms with Crippen molar-refractivity contribution in [2.24, 2.45) is 19.1 Å². The molecule has 3 aromatic heterocycles. The molecular weight excluding hydrogens is 426 g/mol. The van der Waals surface area contributed by atoms with Crippen molar-refractivity contribution in [2.45, 2.75) is 19.8 Å². The average molecular weight is 455 g/mol. The second-order valence-electron chi connectivity index (χ2n) is 7.99. The molecule has 0 saturated carbocycles. The van der Waals surface area contributed by atoms with Crippen LogP contribution in [-0.2, 0) is 20.5 Å². The maximum Gasteiger partial charge on any atom is 0.257 e. The number of aryl methyl sites for hydroxylation is 1. The second-order valence-corrected chi connectivity index (χ2v) is 7.99. The fraction of sp³-hybridized carbons (Fsp3) is 0.231. The van der Waals surface area contributed by atoms with Gasteiger partial charge in [-0.1, -0.05) is 25.1 Å². The molecule has 0 atom stereocenters. The minimum atomic E-state index is -0.0110. The highest BCUT2D eigenvalue weighted by atomic mass is 16.1. The summed E-state index contributed by atoms with van der Waals surface area (Å²) in [6.45, 7) is 2.10. The van der Waals surface area contributed by atoms with Crippen LogP contribution in [0.25, 0.3) is 22.6 Å². The predicted molar refractivity (Wildman–Crippen MR) is 133 cm³/mol. The van der Waals surface area contributed by atoms with Crippen molar-refractivity contribution in [1.29, 1.82) is 0 Å². The number of hydrogen-bond acceptors (Lipinski definition) is 5. The van der Waals surface area contributed by atoms with Crippen LogP contribution in [0.3, 0.4) is 0 Å². The first-order valence-corrected chi connectivity index (χ1v) is 11.1. The van der Waals surface area contributed by atoms with Crippen LogP contribution in [0.5, 0.6) is 0 Å². The lowest BCUT2D eigenvalue weighted by atomic mass is 10.0. The van der Waals surface area contributed by atoms with E-state index in [1.807, 2.05) is 72.4 Å². The van der Waals surface area contributed by atoms with E-state index in [0.29, 0.717) is 17.9 Å². The number of aliphatic imine (C=N–C) groups is 1. The SMILES string of the molecule is CCC(=CC=NC)c1cnc(-c2cccc(Cc3c(=O)ccn(-c4cnn(C)c4)[n+]3C)c2)nc1. The van der Waals surface area contributed by atoms with Crippen LogP contribution in [0.15, 0.2) is 77.2 Å². The van der Waals surface area contributed by atoms with Crippen LogP contribution >= 0.6 is 0 Å². The summed E-state index contributed by atoms with van der Waals surface area (Å²) in [6.07, 6.45) is 14.2. The maximum absolute atomic E-state index is 12.7. The van der Waals surface area contributed by atoms with E-state index in [1.165, 1.54) is 0 Å². The zero-order valence-corrected chi connectivity index (χ0v) is 19.9. The number of benzene rings is 1. The van der Waals surface area contributed by atoms with E-state index in [0.717, 1.165) is 34.4 Å². The van der Waals surface area contributed by atoms with Gasteiger partial charge in [-0.05, 0) is 29.7 Å². The summed E-state index contributed by atoms with van der Waals surface area (Å²) >= 11 is 0. The molecule has 0 spiro atoms. The third kappa shape index (κ3) is 4.91. The van der Waals surface area contributed by atoms with E-state index in [2.05, 4.69) is 27.0 Å². The Bertz CT molecular complexity index is 1410. The number of allylic oxidation sites excluding steroid dienone is 2. The van der Waals surface area contributed by atoms with Crippen LogP contribution in [0.4, 0.5) is 0 Å². The van der Waals surface area contributed by atoms with Crippen LogP contribution in [0.1, 0.15) is 30.2 Å². The smallest absolute Gasteiger partial charge is 0.257 e. The molecule has 0 N–H and O–H groups in total. The Morgan fingerprint density at radius 1 is 1.18 bits per heavy atom. The molecule has 0 fully saturated rings. The fourth-order valence-electron chi connectivity index (χ4n) is 3.85. The van der Waals surface area contributed by atoms with Gasteiger partial charge in [-0.15, -0.1) is 9.36 Å². The van der Waals surface area contributed by atoms with Crippen molar-refractivity contribution >= 4 is 11.8 Å². The first-order valence-electron chi connectivity index (χ1n) is 11.1. The largest absolute Gasteiger partial charge is 0.297 e. The van der Waals surface area contributed by atoms with Gasteiger partial charge in [0.25, 0.3) is 5.69 Å². The number of hydrogen-bond donors (Lipinski definition) is 0. The summed E-state index contributed by atoms with van der Waals surface area (Å²) < 4.78 is 5.52. The molecule has 1 aromatic carbocycles. The quantitative estimate of drug-likeness (QED) is 0.318. The standard InChI is InChI=1S/C26H28N7O/c1-5-20(9-11-27-2)22-15-28-26(29-16-22)21-8-6-7-19(13-21)14-24-25(34)10-12-33(32(24)4)23-17-30-31(3)18-23/h6-13,15-18H,5,14H2,1-4H3/q+1. The van der Waals surface area contributed by atoms with Crippen LogP contribution in [-0.4, -0.2) is 37.7 Å². The molecule has 0 bridgehead atoms. The first kappa shape index (κ1) is 23.0. The van der Waals surface area contributed by atoms with Gasteiger partial charge in [-0.2, -0.15) is 5.10 Å². The topological polar surface area (TPSA) is 81.8 Å². The predicted octanol–water partition coefficient (Wildman–Crippen LogP) is 2.94. The van der Waals surface area contributed by atoms with Gasteiger partial charge in [0.2, 0.25) is 5.43 Å². The molecule has 34 heavy (non-hydrogen) atoms. The van der Waals surface area contributed by atoms with Crippen molar-refractivity contribution in [3.8, 4) is 17.1 Å². The molecule has 8 heteroatoms. The highest BCUT2D eigenvalue weighted by Crippen LogP contribution is 2.20. The van der Waals surface area contributed by atoms with Crippen LogP contribution in [0, 0.1) is 0 Å². The zero-order valence-electron chi connectivity index (χ0n) is 19.9. The number of rotatable bonds is 7. The van der Waals surface area contributed by atoms with E-state index >= 15 is 0 Å². The summed E-state index contributed by atoms with van der Waals surface area (Å²) in [5.74, 6) is 0.649.